The number of hydrogen-bond acceptors (Lipinski definition) is 5. The number of piperazine rings is 1. The van der Waals surface area contributed by atoms with Crippen molar-refractivity contribution >= 4 is 29.2 Å². The highest BCUT2D eigenvalue weighted by atomic mass is 19.1. The standard InChI is InChI=1S/C25H26FN5O4/c26-19-6-8-20(9-7-19)28-23(32)17-30-10-12-31(13-11-30)25(34)27-16-18-3-1-4-21(15-18)29-24(33)22-5-2-14-35-22/h1-9,14-15H,10-13,16-17H2,(H,27,34)(H,28,32)(H,29,33). The van der Waals surface area contributed by atoms with Crippen molar-refractivity contribution in [1.29, 1.82) is 0 Å². The maximum atomic E-state index is 13.0. The molecule has 9 nitrogen and oxygen atoms in total. The number of furan rings is 1. The highest BCUT2D eigenvalue weighted by molar-refractivity contribution is 6.02. The third kappa shape index (κ3) is 6.90. The summed E-state index contributed by atoms with van der Waals surface area (Å²) in [7, 11) is 0. The van der Waals surface area contributed by atoms with Crippen molar-refractivity contribution < 1.29 is 23.2 Å². The summed E-state index contributed by atoms with van der Waals surface area (Å²) in [6.45, 7) is 2.63. The first-order valence-corrected chi connectivity index (χ1v) is 11.2. The molecule has 35 heavy (non-hydrogen) atoms. The Bertz CT molecular complexity index is 1160. The summed E-state index contributed by atoms with van der Waals surface area (Å²) >= 11 is 0. The van der Waals surface area contributed by atoms with Gasteiger partial charge in [0.1, 0.15) is 5.82 Å². The van der Waals surface area contributed by atoms with E-state index in [2.05, 4.69) is 16.0 Å². The fraction of sp³-hybridized carbons (Fsp3) is 0.240. The summed E-state index contributed by atoms with van der Waals surface area (Å²) in [4.78, 5) is 40.6. The van der Waals surface area contributed by atoms with Gasteiger partial charge in [0.05, 0.1) is 12.8 Å². The first-order valence-electron chi connectivity index (χ1n) is 11.2. The van der Waals surface area contributed by atoms with Crippen LogP contribution in [0.15, 0.2) is 71.3 Å². The number of amides is 4. The highest BCUT2D eigenvalue weighted by Gasteiger charge is 2.22. The van der Waals surface area contributed by atoms with Gasteiger partial charge in [0.2, 0.25) is 5.91 Å². The molecule has 182 valence electrons. The normalized spacial score (nSPS) is 13.8. The first-order chi connectivity index (χ1) is 17.0. The van der Waals surface area contributed by atoms with Crippen LogP contribution in [-0.2, 0) is 11.3 Å². The van der Waals surface area contributed by atoms with Crippen molar-refractivity contribution in [1.82, 2.24) is 15.1 Å². The van der Waals surface area contributed by atoms with Crippen LogP contribution in [0.4, 0.5) is 20.6 Å². The van der Waals surface area contributed by atoms with Crippen LogP contribution in [0, 0.1) is 5.82 Å². The summed E-state index contributed by atoms with van der Waals surface area (Å²) in [6.07, 6.45) is 1.43. The van der Waals surface area contributed by atoms with Gasteiger partial charge in [-0.25, -0.2) is 9.18 Å². The monoisotopic (exact) mass is 479 g/mol. The summed E-state index contributed by atoms with van der Waals surface area (Å²) in [5.41, 5.74) is 1.98. The van der Waals surface area contributed by atoms with E-state index in [0.717, 1.165) is 5.56 Å². The quantitative estimate of drug-likeness (QED) is 0.483. The molecule has 3 aromatic rings. The van der Waals surface area contributed by atoms with E-state index in [1.54, 1.807) is 35.2 Å². The lowest BCUT2D eigenvalue weighted by Crippen LogP contribution is -2.52. The average Bonchev–Trinajstić information content (AvgIpc) is 3.40. The lowest BCUT2D eigenvalue weighted by Gasteiger charge is -2.34. The Morgan fingerprint density at radius 3 is 2.37 bits per heavy atom. The van der Waals surface area contributed by atoms with Gasteiger partial charge in [-0.2, -0.15) is 0 Å². The lowest BCUT2D eigenvalue weighted by atomic mass is 10.2. The fourth-order valence-electron chi connectivity index (χ4n) is 3.69. The Morgan fingerprint density at radius 1 is 0.886 bits per heavy atom. The van der Waals surface area contributed by atoms with E-state index in [1.165, 1.54) is 30.5 Å². The predicted octanol–water partition coefficient (Wildman–Crippen LogP) is 3.14. The van der Waals surface area contributed by atoms with Crippen molar-refractivity contribution in [3.8, 4) is 0 Å². The number of nitrogens with zero attached hydrogens (tertiary/aromatic N) is 2. The van der Waals surface area contributed by atoms with Gasteiger partial charge in [-0.05, 0) is 54.1 Å². The molecular formula is C25H26FN5O4. The number of nitrogens with one attached hydrogen (secondary N) is 3. The molecule has 1 aliphatic heterocycles. The number of carbonyl (C=O) groups excluding carboxylic acids is 3. The number of carbonyl (C=O) groups is 3. The zero-order valence-electron chi connectivity index (χ0n) is 19.0. The summed E-state index contributed by atoms with van der Waals surface area (Å²) in [5.74, 6) is -0.674. The van der Waals surface area contributed by atoms with Crippen molar-refractivity contribution in [2.75, 3.05) is 43.4 Å². The average molecular weight is 480 g/mol. The minimum absolute atomic E-state index is 0.187. The van der Waals surface area contributed by atoms with Crippen LogP contribution < -0.4 is 16.0 Å². The lowest BCUT2D eigenvalue weighted by molar-refractivity contribution is -0.117. The van der Waals surface area contributed by atoms with E-state index in [0.29, 0.717) is 44.1 Å². The number of halogens is 1. The summed E-state index contributed by atoms with van der Waals surface area (Å²) in [6, 6.07) is 15.9. The van der Waals surface area contributed by atoms with E-state index in [9.17, 15) is 18.8 Å². The number of rotatable bonds is 7. The van der Waals surface area contributed by atoms with Crippen LogP contribution in [0.25, 0.3) is 0 Å². The molecule has 0 unspecified atom stereocenters. The van der Waals surface area contributed by atoms with Gasteiger partial charge in [0.15, 0.2) is 5.76 Å². The van der Waals surface area contributed by atoms with Crippen molar-refractivity contribution in [2.45, 2.75) is 6.54 Å². The fourth-order valence-corrected chi connectivity index (χ4v) is 3.69. The zero-order valence-corrected chi connectivity index (χ0v) is 19.0. The van der Waals surface area contributed by atoms with Gasteiger partial charge in [0, 0.05) is 44.1 Å². The largest absolute Gasteiger partial charge is 0.459 e. The highest BCUT2D eigenvalue weighted by Crippen LogP contribution is 2.13. The van der Waals surface area contributed by atoms with E-state index in [-0.39, 0.29) is 36.0 Å². The Labute approximate surface area is 201 Å². The summed E-state index contributed by atoms with van der Waals surface area (Å²) in [5, 5.41) is 8.40. The molecule has 2 aromatic carbocycles. The third-order valence-corrected chi connectivity index (χ3v) is 5.53. The molecule has 2 heterocycles. The molecule has 0 bridgehead atoms. The molecule has 0 atom stereocenters. The predicted molar refractivity (Wildman–Crippen MR) is 128 cm³/mol. The Balaban J connectivity index is 1.19. The van der Waals surface area contributed by atoms with Crippen LogP contribution in [0.1, 0.15) is 16.1 Å². The van der Waals surface area contributed by atoms with Gasteiger partial charge in [0.25, 0.3) is 5.91 Å². The number of hydrogen-bond donors (Lipinski definition) is 3. The van der Waals surface area contributed by atoms with Crippen LogP contribution in [-0.4, -0.2) is 60.4 Å². The Hall–Kier alpha value is -4.18. The minimum Gasteiger partial charge on any atom is -0.459 e. The first kappa shape index (κ1) is 24.0. The molecule has 4 amide bonds. The van der Waals surface area contributed by atoms with Crippen molar-refractivity contribution in [3.05, 3.63) is 84.1 Å². The van der Waals surface area contributed by atoms with Crippen LogP contribution in [0.3, 0.4) is 0 Å². The topological polar surface area (TPSA) is 107 Å². The zero-order chi connectivity index (χ0) is 24.6. The molecule has 1 aliphatic rings. The third-order valence-electron chi connectivity index (χ3n) is 5.53. The van der Waals surface area contributed by atoms with Gasteiger partial charge < -0.3 is 25.3 Å². The van der Waals surface area contributed by atoms with E-state index < -0.39 is 0 Å². The minimum atomic E-state index is -0.359. The number of urea groups is 1. The van der Waals surface area contributed by atoms with E-state index in [4.69, 9.17) is 4.42 Å². The van der Waals surface area contributed by atoms with Crippen molar-refractivity contribution in [2.24, 2.45) is 0 Å². The molecule has 0 spiro atoms. The Morgan fingerprint density at radius 2 is 1.66 bits per heavy atom. The molecule has 1 aromatic heterocycles. The van der Waals surface area contributed by atoms with Gasteiger partial charge >= 0.3 is 6.03 Å². The molecule has 10 heteroatoms. The van der Waals surface area contributed by atoms with Gasteiger partial charge in [-0.1, -0.05) is 12.1 Å². The van der Waals surface area contributed by atoms with Crippen LogP contribution in [0.5, 0.6) is 0 Å². The molecule has 0 aliphatic carbocycles. The Kier molecular flexibility index (Phi) is 7.74. The molecule has 4 rings (SSSR count). The smallest absolute Gasteiger partial charge is 0.317 e. The second kappa shape index (κ2) is 11.3. The molecule has 0 saturated carbocycles. The summed E-state index contributed by atoms with van der Waals surface area (Å²) < 4.78 is 18.1. The molecule has 0 radical (unpaired) electrons. The van der Waals surface area contributed by atoms with Crippen molar-refractivity contribution in [3.63, 3.8) is 0 Å². The second-order valence-electron chi connectivity index (χ2n) is 8.11. The second-order valence-corrected chi connectivity index (χ2v) is 8.11. The number of anilines is 2. The maximum Gasteiger partial charge on any atom is 0.317 e. The molecule has 1 saturated heterocycles. The van der Waals surface area contributed by atoms with E-state index >= 15 is 0 Å². The van der Waals surface area contributed by atoms with Gasteiger partial charge in [-0.3, -0.25) is 14.5 Å². The van der Waals surface area contributed by atoms with Crippen LogP contribution in [0.2, 0.25) is 0 Å². The maximum absolute atomic E-state index is 13.0. The molecular weight excluding hydrogens is 453 g/mol. The van der Waals surface area contributed by atoms with Crippen LogP contribution >= 0.6 is 0 Å². The number of benzene rings is 2. The molecule has 1 fully saturated rings. The molecule has 3 N–H and O–H groups in total. The van der Waals surface area contributed by atoms with Gasteiger partial charge in [-0.15, -0.1) is 0 Å². The van der Waals surface area contributed by atoms with E-state index in [1.807, 2.05) is 11.0 Å². The SMILES string of the molecule is O=C(CN1CCN(C(=O)NCc2cccc(NC(=O)c3ccco3)c2)CC1)Nc1ccc(F)cc1.